The van der Waals surface area contributed by atoms with E-state index in [0.717, 1.165) is 0 Å². The van der Waals surface area contributed by atoms with E-state index in [-0.39, 0.29) is 18.1 Å². The number of hydrogen-bond donors (Lipinski definition) is 0. The van der Waals surface area contributed by atoms with Gasteiger partial charge in [-0.25, -0.2) is 9.78 Å². The Bertz CT molecular complexity index is 524. The van der Waals surface area contributed by atoms with E-state index < -0.39 is 11.6 Å². The molecule has 0 aliphatic carbocycles. The molecule has 2 saturated heterocycles. The van der Waals surface area contributed by atoms with Crippen LogP contribution in [-0.4, -0.2) is 70.6 Å². The first-order valence-electron chi connectivity index (χ1n) is 8.14. The number of amides is 1. The molecule has 3 heterocycles. The second-order valence-electron chi connectivity index (χ2n) is 7.01. The maximum atomic E-state index is 13.0. The first-order chi connectivity index (χ1) is 11.3. The van der Waals surface area contributed by atoms with Gasteiger partial charge in [0.15, 0.2) is 11.6 Å². The standard InChI is InChI=1S/C16H25N3O5/c1-15(2)21-7-12(8-22-15)19(14(20)18-6-5-17-11-18)13-9-23-16(3,4)24-10-13/h5-6,11-13H,7-10H2,1-4H3. The number of aromatic nitrogens is 2. The van der Waals surface area contributed by atoms with Gasteiger partial charge in [-0.3, -0.25) is 4.57 Å². The number of nitrogens with zero attached hydrogens (tertiary/aromatic N) is 3. The summed E-state index contributed by atoms with van der Waals surface area (Å²) in [5.74, 6) is -1.27. The Hall–Kier alpha value is -1.48. The zero-order chi connectivity index (χ0) is 17.4. The van der Waals surface area contributed by atoms with E-state index in [0.29, 0.717) is 26.4 Å². The average Bonchev–Trinajstić information content (AvgIpc) is 3.05. The third-order valence-corrected chi connectivity index (χ3v) is 4.23. The van der Waals surface area contributed by atoms with Crippen molar-refractivity contribution in [2.24, 2.45) is 0 Å². The smallest absolute Gasteiger partial charge is 0.330 e. The fourth-order valence-corrected chi connectivity index (χ4v) is 2.80. The van der Waals surface area contributed by atoms with Crippen molar-refractivity contribution < 1.29 is 23.7 Å². The van der Waals surface area contributed by atoms with Crippen LogP contribution < -0.4 is 0 Å². The summed E-state index contributed by atoms with van der Waals surface area (Å²) in [7, 11) is 0. The normalized spacial score (nSPS) is 24.7. The summed E-state index contributed by atoms with van der Waals surface area (Å²) in [6.07, 6.45) is 4.68. The quantitative estimate of drug-likeness (QED) is 0.812. The molecule has 0 bridgehead atoms. The lowest BCUT2D eigenvalue weighted by Crippen LogP contribution is -2.61. The minimum Gasteiger partial charge on any atom is -0.348 e. The van der Waals surface area contributed by atoms with Gasteiger partial charge >= 0.3 is 6.03 Å². The van der Waals surface area contributed by atoms with Gasteiger partial charge in [0.05, 0.1) is 38.5 Å². The van der Waals surface area contributed by atoms with Crippen LogP contribution in [0.15, 0.2) is 18.7 Å². The van der Waals surface area contributed by atoms with Crippen molar-refractivity contribution in [3.63, 3.8) is 0 Å². The third-order valence-electron chi connectivity index (χ3n) is 4.23. The second kappa shape index (κ2) is 6.44. The largest absolute Gasteiger partial charge is 0.348 e. The zero-order valence-electron chi connectivity index (χ0n) is 14.6. The number of rotatable bonds is 2. The molecule has 0 spiro atoms. The molecule has 0 saturated carbocycles. The maximum absolute atomic E-state index is 13.0. The molecular weight excluding hydrogens is 314 g/mol. The zero-order valence-corrected chi connectivity index (χ0v) is 14.6. The topological polar surface area (TPSA) is 75.1 Å². The highest BCUT2D eigenvalue weighted by Crippen LogP contribution is 2.26. The van der Waals surface area contributed by atoms with Crippen LogP contribution in [0.5, 0.6) is 0 Å². The molecule has 1 amide bonds. The monoisotopic (exact) mass is 339 g/mol. The Balaban J connectivity index is 1.78. The summed E-state index contributed by atoms with van der Waals surface area (Å²) in [4.78, 5) is 18.6. The Morgan fingerprint density at radius 3 is 1.83 bits per heavy atom. The molecule has 0 radical (unpaired) electrons. The van der Waals surface area contributed by atoms with Crippen LogP contribution in [-0.2, 0) is 18.9 Å². The van der Waals surface area contributed by atoms with Crippen LogP contribution in [0.4, 0.5) is 4.79 Å². The molecule has 0 N–H and O–H groups in total. The van der Waals surface area contributed by atoms with E-state index in [1.807, 2.05) is 27.7 Å². The Morgan fingerprint density at radius 1 is 1.00 bits per heavy atom. The van der Waals surface area contributed by atoms with Crippen molar-refractivity contribution in [3.05, 3.63) is 18.7 Å². The van der Waals surface area contributed by atoms with Crippen molar-refractivity contribution in [1.82, 2.24) is 14.5 Å². The molecule has 8 nitrogen and oxygen atoms in total. The van der Waals surface area contributed by atoms with Gasteiger partial charge in [-0.15, -0.1) is 0 Å². The predicted octanol–water partition coefficient (Wildman–Crippen LogP) is 1.46. The number of ether oxygens (including phenoxy) is 4. The van der Waals surface area contributed by atoms with Crippen LogP contribution in [0.1, 0.15) is 27.7 Å². The van der Waals surface area contributed by atoms with Crippen LogP contribution >= 0.6 is 0 Å². The van der Waals surface area contributed by atoms with Gasteiger partial charge in [0.2, 0.25) is 0 Å². The fraction of sp³-hybridized carbons (Fsp3) is 0.750. The first-order valence-corrected chi connectivity index (χ1v) is 8.14. The Kier molecular flexibility index (Phi) is 4.65. The number of carbonyl (C=O) groups is 1. The highest BCUT2D eigenvalue weighted by molar-refractivity contribution is 5.77. The lowest BCUT2D eigenvalue weighted by molar-refractivity contribution is -0.282. The van der Waals surface area contributed by atoms with Crippen LogP contribution in [0, 0.1) is 0 Å². The molecule has 1 aromatic heterocycles. The molecule has 0 aromatic carbocycles. The van der Waals surface area contributed by atoms with E-state index >= 15 is 0 Å². The predicted molar refractivity (Wildman–Crippen MR) is 84.4 cm³/mol. The molecule has 2 aliphatic heterocycles. The minimum atomic E-state index is -0.637. The van der Waals surface area contributed by atoms with Crippen molar-refractivity contribution >= 4 is 6.03 Å². The molecular formula is C16H25N3O5. The molecule has 0 atom stereocenters. The minimum absolute atomic E-state index is 0.193. The van der Waals surface area contributed by atoms with Crippen LogP contribution in [0.2, 0.25) is 0 Å². The van der Waals surface area contributed by atoms with Gasteiger partial charge in [-0.05, 0) is 27.7 Å². The highest BCUT2D eigenvalue weighted by atomic mass is 16.7. The Labute approximate surface area is 141 Å². The summed E-state index contributed by atoms with van der Waals surface area (Å²) >= 11 is 0. The molecule has 134 valence electrons. The van der Waals surface area contributed by atoms with E-state index in [1.54, 1.807) is 17.3 Å². The number of carbonyl (C=O) groups excluding carboxylic acids is 1. The van der Waals surface area contributed by atoms with Gasteiger partial charge in [0.1, 0.15) is 6.33 Å². The summed E-state index contributed by atoms with van der Waals surface area (Å²) in [5.41, 5.74) is 0. The average molecular weight is 339 g/mol. The summed E-state index contributed by atoms with van der Waals surface area (Å²) < 4.78 is 24.4. The van der Waals surface area contributed by atoms with Gasteiger partial charge in [0, 0.05) is 12.4 Å². The molecule has 24 heavy (non-hydrogen) atoms. The maximum Gasteiger partial charge on any atom is 0.330 e. The molecule has 2 fully saturated rings. The van der Waals surface area contributed by atoms with Crippen molar-refractivity contribution in [3.8, 4) is 0 Å². The van der Waals surface area contributed by atoms with Crippen LogP contribution in [0.3, 0.4) is 0 Å². The lowest BCUT2D eigenvalue weighted by Gasteiger charge is -2.45. The summed E-state index contributed by atoms with van der Waals surface area (Å²) in [5, 5.41) is 0. The highest BCUT2D eigenvalue weighted by Gasteiger charge is 2.40. The van der Waals surface area contributed by atoms with E-state index in [9.17, 15) is 4.79 Å². The Morgan fingerprint density at radius 2 is 1.46 bits per heavy atom. The van der Waals surface area contributed by atoms with Gasteiger partial charge in [0.25, 0.3) is 0 Å². The molecule has 2 aliphatic rings. The van der Waals surface area contributed by atoms with Crippen molar-refractivity contribution in [2.45, 2.75) is 51.4 Å². The number of hydrogen-bond acceptors (Lipinski definition) is 6. The van der Waals surface area contributed by atoms with E-state index in [1.165, 1.54) is 10.9 Å². The molecule has 8 heteroatoms. The second-order valence-corrected chi connectivity index (χ2v) is 7.01. The van der Waals surface area contributed by atoms with Gasteiger partial charge < -0.3 is 23.8 Å². The van der Waals surface area contributed by atoms with Crippen LogP contribution in [0.25, 0.3) is 0 Å². The molecule has 0 unspecified atom stereocenters. The van der Waals surface area contributed by atoms with E-state index in [4.69, 9.17) is 18.9 Å². The summed E-state index contributed by atoms with van der Waals surface area (Å²) in [6.45, 7) is 9.03. The van der Waals surface area contributed by atoms with E-state index in [2.05, 4.69) is 4.98 Å². The van der Waals surface area contributed by atoms with Crippen molar-refractivity contribution in [2.75, 3.05) is 26.4 Å². The third kappa shape index (κ3) is 3.77. The van der Waals surface area contributed by atoms with Gasteiger partial charge in [-0.2, -0.15) is 0 Å². The number of imidazole rings is 1. The van der Waals surface area contributed by atoms with Gasteiger partial charge in [-0.1, -0.05) is 0 Å². The summed E-state index contributed by atoms with van der Waals surface area (Å²) in [6, 6.07) is -0.626. The SMILES string of the molecule is CC1(C)OCC(N(C(=O)n2ccnc2)C2COC(C)(C)OC2)CO1. The molecule has 1 aromatic rings. The first kappa shape index (κ1) is 17.3. The molecule has 3 rings (SSSR count). The lowest BCUT2D eigenvalue weighted by atomic mass is 10.1. The van der Waals surface area contributed by atoms with Crippen molar-refractivity contribution in [1.29, 1.82) is 0 Å². The fourth-order valence-electron chi connectivity index (χ4n) is 2.80.